The SMILES string of the molecule is CC(CC(=O)O)CC(N)c1ccc2c(c1)CCC(=O)N2C. The summed E-state index contributed by atoms with van der Waals surface area (Å²) in [6.07, 6.45) is 2.04. The maximum atomic E-state index is 11.7. The first kappa shape index (κ1) is 15.5. The quantitative estimate of drug-likeness (QED) is 0.869. The van der Waals surface area contributed by atoms with Crippen molar-refractivity contribution >= 4 is 17.6 Å². The zero-order valence-corrected chi connectivity index (χ0v) is 12.5. The zero-order chi connectivity index (χ0) is 15.6. The zero-order valence-electron chi connectivity index (χ0n) is 12.5. The third-order valence-electron chi connectivity index (χ3n) is 4.05. The molecular weight excluding hydrogens is 268 g/mol. The van der Waals surface area contributed by atoms with Crippen molar-refractivity contribution in [3.05, 3.63) is 29.3 Å². The molecule has 0 fully saturated rings. The molecule has 0 bridgehead atoms. The molecule has 21 heavy (non-hydrogen) atoms. The number of fused-ring (bicyclic) bond motifs is 1. The van der Waals surface area contributed by atoms with Crippen LogP contribution in [0.15, 0.2) is 18.2 Å². The standard InChI is InChI=1S/C16H22N2O3/c1-10(8-16(20)21)7-13(17)11-3-5-14-12(9-11)4-6-15(19)18(14)2/h3,5,9-10,13H,4,6-8,17H2,1-2H3,(H,20,21). The van der Waals surface area contributed by atoms with E-state index in [9.17, 15) is 9.59 Å². The fraction of sp³-hybridized carbons (Fsp3) is 0.500. The van der Waals surface area contributed by atoms with E-state index in [1.54, 1.807) is 11.9 Å². The lowest BCUT2D eigenvalue weighted by Gasteiger charge is -2.27. The summed E-state index contributed by atoms with van der Waals surface area (Å²) in [7, 11) is 1.79. The fourth-order valence-electron chi connectivity index (χ4n) is 2.86. The number of anilines is 1. The lowest BCUT2D eigenvalue weighted by molar-refractivity contribution is -0.138. The minimum atomic E-state index is -0.791. The van der Waals surface area contributed by atoms with Gasteiger partial charge in [-0.05, 0) is 36.0 Å². The molecule has 0 spiro atoms. The maximum absolute atomic E-state index is 11.7. The first-order chi connectivity index (χ1) is 9.88. The molecule has 0 aliphatic carbocycles. The van der Waals surface area contributed by atoms with Gasteiger partial charge in [-0.3, -0.25) is 9.59 Å². The summed E-state index contributed by atoms with van der Waals surface area (Å²) < 4.78 is 0. The van der Waals surface area contributed by atoms with E-state index in [2.05, 4.69) is 6.07 Å². The molecule has 1 heterocycles. The molecule has 2 unspecified atom stereocenters. The van der Waals surface area contributed by atoms with E-state index in [1.807, 2.05) is 19.1 Å². The number of amides is 1. The second-order valence-electron chi connectivity index (χ2n) is 5.89. The predicted molar refractivity (Wildman–Crippen MR) is 81.1 cm³/mol. The van der Waals surface area contributed by atoms with Gasteiger partial charge in [0.15, 0.2) is 0 Å². The average molecular weight is 290 g/mol. The van der Waals surface area contributed by atoms with Crippen molar-refractivity contribution in [1.82, 2.24) is 0 Å². The molecule has 0 radical (unpaired) electrons. The highest BCUT2D eigenvalue weighted by Crippen LogP contribution is 2.30. The molecule has 0 saturated heterocycles. The highest BCUT2D eigenvalue weighted by Gasteiger charge is 2.22. The monoisotopic (exact) mass is 290 g/mol. The Kier molecular flexibility index (Phi) is 4.63. The molecule has 114 valence electrons. The van der Waals surface area contributed by atoms with E-state index in [0.29, 0.717) is 12.8 Å². The number of nitrogens with zero attached hydrogens (tertiary/aromatic N) is 1. The highest BCUT2D eigenvalue weighted by molar-refractivity contribution is 5.95. The molecule has 3 N–H and O–H groups in total. The summed E-state index contributed by atoms with van der Waals surface area (Å²) in [5.74, 6) is -0.618. The number of aliphatic carboxylic acids is 1. The third-order valence-corrected chi connectivity index (χ3v) is 4.05. The summed E-state index contributed by atoms with van der Waals surface area (Å²) in [6.45, 7) is 1.90. The Hall–Kier alpha value is -1.88. The van der Waals surface area contributed by atoms with Crippen molar-refractivity contribution in [2.75, 3.05) is 11.9 Å². The van der Waals surface area contributed by atoms with E-state index in [1.165, 1.54) is 0 Å². The fourth-order valence-corrected chi connectivity index (χ4v) is 2.86. The van der Waals surface area contributed by atoms with Crippen LogP contribution in [-0.2, 0) is 16.0 Å². The van der Waals surface area contributed by atoms with Crippen molar-refractivity contribution in [1.29, 1.82) is 0 Å². The van der Waals surface area contributed by atoms with Crippen molar-refractivity contribution < 1.29 is 14.7 Å². The number of rotatable bonds is 5. The second-order valence-corrected chi connectivity index (χ2v) is 5.89. The minimum absolute atomic E-state index is 0.0396. The van der Waals surface area contributed by atoms with E-state index >= 15 is 0 Å². The van der Waals surface area contributed by atoms with Crippen molar-refractivity contribution in [3.8, 4) is 0 Å². The summed E-state index contributed by atoms with van der Waals surface area (Å²) in [4.78, 5) is 24.1. The Morgan fingerprint density at radius 1 is 1.43 bits per heavy atom. The van der Waals surface area contributed by atoms with Crippen LogP contribution in [0.25, 0.3) is 0 Å². The molecule has 1 aromatic rings. The maximum Gasteiger partial charge on any atom is 0.303 e. The van der Waals surface area contributed by atoms with Gasteiger partial charge in [-0.25, -0.2) is 0 Å². The largest absolute Gasteiger partial charge is 0.481 e. The number of nitrogens with two attached hydrogens (primary N) is 1. The second kappa shape index (κ2) is 6.26. The number of carboxylic acid groups (broad SMARTS) is 1. The highest BCUT2D eigenvalue weighted by atomic mass is 16.4. The number of aryl methyl sites for hydroxylation is 1. The summed E-state index contributed by atoms with van der Waals surface area (Å²) in [5, 5.41) is 8.80. The van der Waals surface area contributed by atoms with Crippen LogP contribution in [0, 0.1) is 5.92 Å². The first-order valence-electron chi connectivity index (χ1n) is 7.25. The Balaban J connectivity index is 2.11. The van der Waals surface area contributed by atoms with Gasteiger partial charge in [0.25, 0.3) is 0 Å². The number of hydrogen-bond donors (Lipinski definition) is 2. The van der Waals surface area contributed by atoms with Gasteiger partial charge in [0.05, 0.1) is 0 Å². The number of benzene rings is 1. The van der Waals surface area contributed by atoms with Crippen LogP contribution in [0.4, 0.5) is 5.69 Å². The number of hydrogen-bond acceptors (Lipinski definition) is 3. The van der Waals surface area contributed by atoms with Gasteiger partial charge in [0, 0.05) is 31.6 Å². The van der Waals surface area contributed by atoms with E-state index < -0.39 is 5.97 Å². The Morgan fingerprint density at radius 2 is 2.14 bits per heavy atom. The van der Waals surface area contributed by atoms with Crippen molar-refractivity contribution in [2.45, 2.75) is 38.6 Å². The van der Waals surface area contributed by atoms with Gasteiger partial charge < -0.3 is 15.7 Å². The van der Waals surface area contributed by atoms with Crippen LogP contribution < -0.4 is 10.6 Å². The first-order valence-corrected chi connectivity index (χ1v) is 7.25. The molecule has 2 atom stereocenters. The molecule has 1 aromatic carbocycles. The van der Waals surface area contributed by atoms with Gasteiger partial charge in [-0.15, -0.1) is 0 Å². The third kappa shape index (κ3) is 3.61. The number of carbonyl (C=O) groups excluding carboxylic acids is 1. The van der Waals surface area contributed by atoms with E-state index in [-0.39, 0.29) is 24.3 Å². The lowest BCUT2D eigenvalue weighted by atomic mass is 9.91. The smallest absolute Gasteiger partial charge is 0.303 e. The van der Waals surface area contributed by atoms with Gasteiger partial charge in [0.2, 0.25) is 5.91 Å². The average Bonchev–Trinajstić information content (AvgIpc) is 2.41. The Labute approximate surface area is 124 Å². The minimum Gasteiger partial charge on any atom is -0.481 e. The number of carbonyl (C=O) groups is 2. The molecule has 2 rings (SSSR count). The van der Waals surface area contributed by atoms with Crippen LogP contribution in [0.1, 0.15) is 43.4 Å². The number of carboxylic acids is 1. The van der Waals surface area contributed by atoms with Gasteiger partial charge >= 0.3 is 5.97 Å². The summed E-state index contributed by atoms with van der Waals surface area (Å²) >= 11 is 0. The normalized spacial score (nSPS) is 17.3. The van der Waals surface area contributed by atoms with Gasteiger partial charge in [-0.2, -0.15) is 0 Å². The van der Waals surface area contributed by atoms with Gasteiger partial charge in [-0.1, -0.05) is 19.1 Å². The predicted octanol–water partition coefficient (Wildman–Crippen LogP) is 2.10. The molecular formula is C16H22N2O3. The molecule has 5 heteroatoms. The van der Waals surface area contributed by atoms with Crippen LogP contribution in [0.3, 0.4) is 0 Å². The van der Waals surface area contributed by atoms with Crippen LogP contribution >= 0.6 is 0 Å². The molecule has 0 aromatic heterocycles. The van der Waals surface area contributed by atoms with Crippen molar-refractivity contribution in [3.63, 3.8) is 0 Å². The van der Waals surface area contributed by atoms with Crippen LogP contribution in [0.5, 0.6) is 0 Å². The van der Waals surface area contributed by atoms with Crippen LogP contribution in [0.2, 0.25) is 0 Å². The van der Waals surface area contributed by atoms with E-state index in [4.69, 9.17) is 10.8 Å². The van der Waals surface area contributed by atoms with Crippen LogP contribution in [-0.4, -0.2) is 24.0 Å². The molecule has 5 nitrogen and oxygen atoms in total. The summed E-state index contributed by atoms with van der Waals surface area (Å²) in [5.41, 5.74) is 9.28. The molecule has 1 aliphatic heterocycles. The molecule has 0 saturated carbocycles. The topological polar surface area (TPSA) is 83.6 Å². The summed E-state index contributed by atoms with van der Waals surface area (Å²) in [6, 6.07) is 5.75. The Bertz CT molecular complexity index is 556. The van der Waals surface area contributed by atoms with Crippen molar-refractivity contribution in [2.24, 2.45) is 11.7 Å². The molecule has 1 aliphatic rings. The molecule has 1 amide bonds. The van der Waals surface area contributed by atoms with Gasteiger partial charge in [0.1, 0.15) is 0 Å². The Morgan fingerprint density at radius 3 is 2.81 bits per heavy atom. The lowest BCUT2D eigenvalue weighted by Crippen LogP contribution is -2.31. The van der Waals surface area contributed by atoms with E-state index in [0.717, 1.165) is 23.2 Å².